The zero-order valence-electron chi connectivity index (χ0n) is 17.1. The second-order valence-electron chi connectivity index (χ2n) is 7.96. The maximum atomic E-state index is 13.0. The van der Waals surface area contributed by atoms with Crippen LogP contribution in [0.5, 0.6) is 11.5 Å². The molecule has 1 aromatic rings. The number of likely N-dealkylation sites (tertiary alicyclic amines) is 2. The lowest BCUT2D eigenvalue weighted by molar-refractivity contribution is -0.151. The molecule has 7 nitrogen and oxygen atoms in total. The number of benzene rings is 1. The molecule has 0 saturated carbocycles. The molecule has 7 heteroatoms. The molecule has 0 unspecified atom stereocenters. The number of carbonyl (C=O) groups excluding carboxylic acids is 2. The molecule has 158 valence electrons. The second-order valence-corrected chi connectivity index (χ2v) is 7.96. The molecule has 3 heterocycles. The van der Waals surface area contributed by atoms with Crippen LogP contribution in [0, 0.1) is 5.92 Å². The number of hydrogen-bond donors (Lipinski definition) is 0. The third-order valence-electron chi connectivity index (χ3n) is 6.05. The molecule has 2 fully saturated rings. The van der Waals surface area contributed by atoms with Crippen molar-refractivity contribution in [1.29, 1.82) is 0 Å². The number of fused-ring (bicyclic) bond motifs is 1. The van der Waals surface area contributed by atoms with E-state index in [4.69, 9.17) is 14.2 Å². The quantitative estimate of drug-likeness (QED) is 0.705. The number of rotatable bonds is 5. The lowest BCUT2D eigenvalue weighted by Crippen LogP contribution is -2.46. The summed E-state index contributed by atoms with van der Waals surface area (Å²) >= 11 is 0. The lowest BCUT2D eigenvalue weighted by Gasteiger charge is -2.34. The summed E-state index contributed by atoms with van der Waals surface area (Å²) in [7, 11) is 0. The molecule has 4 rings (SSSR count). The number of carbonyl (C=O) groups is 2. The van der Waals surface area contributed by atoms with Crippen LogP contribution in [-0.2, 0) is 14.3 Å². The van der Waals surface area contributed by atoms with Gasteiger partial charge < -0.3 is 19.1 Å². The van der Waals surface area contributed by atoms with Crippen molar-refractivity contribution in [2.75, 3.05) is 46.0 Å². The van der Waals surface area contributed by atoms with Crippen molar-refractivity contribution in [3.8, 4) is 11.5 Å². The van der Waals surface area contributed by atoms with Gasteiger partial charge in [0.25, 0.3) is 0 Å². The van der Waals surface area contributed by atoms with E-state index in [2.05, 4.69) is 17.0 Å². The molecule has 0 aromatic heterocycles. The topological polar surface area (TPSA) is 68.3 Å². The van der Waals surface area contributed by atoms with Gasteiger partial charge in [0.15, 0.2) is 11.5 Å². The van der Waals surface area contributed by atoms with E-state index >= 15 is 0 Å². The van der Waals surface area contributed by atoms with Crippen LogP contribution < -0.4 is 9.47 Å². The van der Waals surface area contributed by atoms with Gasteiger partial charge in [-0.2, -0.15) is 0 Å². The molecular formula is C22H30N2O5. The van der Waals surface area contributed by atoms with Crippen molar-refractivity contribution in [1.82, 2.24) is 9.80 Å². The highest BCUT2D eigenvalue weighted by molar-refractivity contribution is 5.80. The van der Waals surface area contributed by atoms with Gasteiger partial charge in [0.05, 0.1) is 19.1 Å². The first kappa shape index (κ1) is 20.0. The molecular weight excluding hydrogens is 372 g/mol. The Hall–Kier alpha value is -2.28. The second kappa shape index (κ2) is 9.03. The Labute approximate surface area is 171 Å². The minimum Gasteiger partial charge on any atom is -0.486 e. The van der Waals surface area contributed by atoms with Crippen molar-refractivity contribution < 1.29 is 23.8 Å². The maximum absolute atomic E-state index is 13.0. The number of ether oxygens (including phenoxy) is 3. The number of piperidine rings is 1. The first-order chi connectivity index (χ1) is 14.2. The van der Waals surface area contributed by atoms with Gasteiger partial charge in [-0.25, -0.2) is 0 Å². The largest absolute Gasteiger partial charge is 0.486 e. The molecule has 0 aliphatic carbocycles. The zero-order valence-corrected chi connectivity index (χ0v) is 17.1. The predicted molar refractivity (Wildman–Crippen MR) is 107 cm³/mol. The average Bonchev–Trinajstić information content (AvgIpc) is 3.21. The first-order valence-electron chi connectivity index (χ1n) is 10.7. The van der Waals surface area contributed by atoms with Crippen molar-refractivity contribution in [3.63, 3.8) is 0 Å². The number of nitrogens with zero attached hydrogens (tertiary/aromatic N) is 2. The summed E-state index contributed by atoms with van der Waals surface area (Å²) in [6.07, 6.45) is 3.74. The van der Waals surface area contributed by atoms with E-state index < -0.39 is 0 Å². The van der Waals surface area contributed by atoms with E-state index in [-0.39, 0.29) is 23.8 Å². The normalized spacial score (nSPS) is 24.4. The minimum absolute atomic E-state index is 0.100. The zero-order chi connectivity index (χ0) is 20.2. The van der Waals surface area contributed by atoms with Gasteiger partial charge in [-0.3, -0.25) is 14.5 Å². The minimum atomic E-state index is -0.195. The molecule has 2 atom stereocenters. The standard InChI is InChI=1S/C22H30N2O5/c1-2-27-22(26)17-5-3-10-24(14-17)21(25)15-23-9-4-6-18(23)16-7-8-19-20(13-16)29-12-11-28-19/h7-8,13,17-18H,2-6,9-12,14-15H2,1H3/t17-,18+/m0/s1. The third-order valence-corrected chi connectivity index (χ3v) is 6.05. The van der Waals surface area contributed by atoms with Crippen LogP contribution in [0.25, 0.3) is 0 Å². The summed E-state index contributed by atoms with van der Waals surface area (Å²) < 4.78 is 16.5. The fourth-order valence-corrected chi connectivity index (χ4v) is 4.59. The number of esters is 1. The van der Waals surface area contributed by atoms with Crippen LogP contribution in [0.4, 0.5) is 0 Å². The van der Waals surface area contributed by atoms with Crippen LogP contribution in [0.2, 0.25) is 0 Å². The molecule has 1 aromatic carbocycles. The highest BCUT2D eigenvalue weighted by Crippen LogP contribution is 2.38. The lowest BCUT2D eigenvalue weighted by atomic mass is 9.98. The molecule has 3 aliphatic rings. The number of hydrogen-bond acceptors (Lipinski definition) is 6. The summed E-state index contributed by atoms with van der Waals surface area (Å²) in [5.41, 5.74) is 1.17. The molecule has 29 heavy (non-hydrogen) atoms. The molecule has 3 aliphatic heterocycles. The SMILES string of the molecule is CCOC(=O)[C@H]1CCCN(C(=O)CN2CCC[C@@H]2c2ccc3c(c2)OCCO3)C1. The Morgan fingerprint density at radius 3 is 2.72 bits per heavy atom. The van der Waals surface area contributed by atoms with Gasteiger partial charge in [0, 0.05) is 19.1 Å². The molecule has 1 amide bonds. The summed E-state index contributed by atoms with van der Waals surface area (Å²) in [5.74, 6) is 1.31. The summed E-state index contributed by atoms with van der Waals surface area (Å²) in [4.78, 5) is 29.1. The molecule has 0 radical (unpaired) electrons. The van der Waals surface area contributed by atoms with E-state index in [0.29, 0.717) is 32.9 Å². The van der Waals surface area contributed by atoms with Crippen molar-refractivity contribution >= 4 is 11.9 Å². The highest BCUT2D eigenvalue weighted by atomic mass is 16.6. The van der Waals surface area contributed by atoms with Crippen molar-refractivity contribution in [2.24, 2.45) is 5.92 Å². The van der Waals surface area contributed by atoms with E-state index in [1.807, 2.05) is 17.9 Å². The van der Waals surface area contributed by atoms with Crippen molar-refractivity contribution in [2.45, 2.75) is 38.6 Å². The molecule has 0 N–H and O–H groups in total. The summed E-state index contributed by atoms with van der Waals surface area (Å²) in [6, 6.07) is 6.31. The molecule has 0 bridgehead atoms. The van der Waals surface area contributed by atoms with Crippen LogP contribution >= 0.6 is 0 Å². The van der Waals surface area contributed by atoms with Gasteiger partial charge >= 0.3 is 5.97 Å². The van der Waals surface area contributed by atoms with Crippen LogP contribution in [0.3, 0.4) is 0 Å². The Balaban J connectivity index is 1.39. The van der Waals surface area contributed by atoms with Crippen LogP contribution in [-0.4, -0.2) is 67.7 Å². The van der Waals surface area contributed by atoms with E-state index in [1.165, 1.54) is 5.56 Å². The molecule has 0 spiro atoms. The van der Waals surface area contributed by atoms with E-state index in [9.17, 15) is 9.59 Å². The summed E-state index contributed by atoms with van der Waals surface area (Å²) in [6.45, 7) is 5.83. The van der Waals surface area contributed by atoms with Gasteiger partial charge in [0.1, 0.15) is 13.2 Å². The van der Waals surface area contributed by atoms with Crippen molar-refractivity contribution in [3.05, 3.63) is 23.8 Å². The third kappa shape index (κ3) is 4.50. The molecule has 2 saturated heterocycles. The summed E-state index contributed by atoms with van der Waals surface area (Å²) in [5, 5.41) is 0. The van der Waals surface area contributed by atoms with E-state index in [1.54, 1.807) is 0 Å². The monoisotopic (exact) mass is 402 g/mol. The van der Waals surface area contributed by atoms with E-state index in [0.717, 1.165) is 50.3 Å². The van der Waals surface area contributed by atoms with Gasteiger partial charge in [0.2, 0.25) is 5.91 Å². The van der Waals surface area contributed by atoms with Crippen LogP contribution in [0.1, 0.15) is 44.2 Å². The Bertz CT molecular complexity index is 753. The van der Waals surface area contributed by atoms with Gasteiger partial charge in [-0.15, -0.1) is 0 Å². The van der Waals surface area contributed by atoms with Gasteiger partial charge in [-0.1, -0.05) is 6.07 Å². The highest BCUT2D eigenvalue weighted by Gasteiger charge is 2.33. The number of amides is 1. The fraction of sp³-hybridized carbons (Fsp3) is 0.636. The Morgan fingerprint density at radius 2 is 1.90 bits per heavy atom. The Kier molecular flexibility index (Phi) is 6.23. The van der Waals surface area contributed by atoms with Crippen LogP contribution in [0.15, 0.2) is 18.2 Å². The Morgan fingerprint density at radius 1 is 1.10 bits per heavy atom. The smallest absolute Gasteiger partial charge is 0.310 e. The fourth-order valence-electron chi connectivity index (χ4n) is 4.59. The van der Waals surface area contributed by atoms with Gasteiger partial charge in [-0.05, 0) is 56.8 Å². The maximum Gasteiger partial charge on any atom is 0.310 e. The first-order valence-corrected chi connectivity index (χ1v) is 10.7. The average molecular weight is 402 g/mol. The predicted octanol–water partition coefficient (Wildman–Crippen LogP) is 2.40.